The van der Waals surface area contributed by atoms with E-state index < -0.39 is 12.0 Å². The van der Waals surface area contributed by atoms with Crippen LogP contribution in [0.2, 0.25) is 0 Å². The van der Waals surface area contributed by atoms with Gasteiger partial charge < -0.3 is 19.7 Å². The Morgan fingerprint density at radius 3 is 2.93 bits per heavy atom. The monoisotopic (exact) mass is 371 g/mol. The summed E-state index contributed by atoms with van der Waals surface area (Å²) in [5.74, 6) is -0.241. The van der Waals surface area contributed by atoms with E-state index >= 15 is 0 Å². The summed E-state index contributed by atoms with van der Waals surface area (Å²) in [7, 11) is 0. The minimum Gasteiger partial charge on any atom is -0.494 e. The van der Waals surface area contributed by atoms with E-state index in [-0.39, 0.29) is 18.9 Å². The largest absolute Gasteiger partial charge is 0.494 e. The van der Waals surface area contributed by atoms with Gasteiger partial charge in [0, 0.05) is 12.8 Å². The number of hydrogen-bond acceptors (Lipinski definition) is 4. The number of aromatic amines is 1. The number of benzene rings is 1. The van der Waals surface area contributed by atoms with Crippen molar-refractivity contribution in [1.29, 1.82) is 0 Å². The van der Waals surface area contributed by atoms with Crippen LogP contribution in [-0.2, 0) is 29.0 Å². The smallest absolute Gasteiger partial charge is 0.326 e. The number of nitrogens with zero attached hydrogens (tertiary/aromatic N) is 2. The zero-order valence-corrected chi connectivity index (χ0v) is 15.7. The van der Waals surface area contributed by atoms with Crippen LogP contribution in [0, 0.1) is 6.92 Å². The van der Waals surface area contributed by atoms with E-state index in [1.807, 2.05) is 26.0 Å². The molecule has 3 rings (SSSR count). The first-order chi connectivity index (χ1) is 13.0. The third-order valence-electron chi connectivity index (χ3n) is 4.90. The summed E-state index contributed by atoms with van der Waals surface area (Å²) in [6.07, 6.45) is 3.55. The molecule has 1 aromatic heterocycles. The lowest BCUT2D eigenvalue weighted by Crippen LogP contribution is -2.48. The molecule has 1 atom stereocenters. The number of carboxylic acids is 1. The first-order valence-electron chi connectivity index (χ1n) is 9.25. The highest BCUT2D eigenvalue weighted by Gasteiger charge is 2.35. The molecule has 144 valence electrons. The molecule has 7 heteroatoms. The van der Waals surface area contributed by atoms with Gasteiger partial charge in [-0.2, -0.15) is 0 Å². The Morgan fingerprint density at radius 1 is 1.41 bits per heavy atom. The third kappa shape index (κ3) is 4.30. The summed E-state index contributed by atoms with van der Waals surface area (Å²) >= 11 is 0. The summed E-state index contributed by atoms with van der Waals surface area (Å²) in [6, 6.07) is 5.20. The van der Waals surface area contributed by atoms with Gasteiger partial charge in [-0.25, -0.2) is 9.78 Å². The van der Waals surface area contributed by atoms with E-state index in [0.29, 0.717) is 19.4 Å². The van der Waals surface area contributed by atoms with E-state index in [0.717, 1.165) is 34.7 Å². The molecule has 0 bridgehead atoms. The number of rotatable bonds is 7. The summed E-state index contributed by atoms with van der Waals surface area (Å²) in [4.78, 5) is 32.8. The highest BCUT2D eigenvalue weighted by atomic mass is 16.5. The fourth-order valence-corrected chi connectivity index (χ4v) is 3.49. The number of carbonyl (C=O) groups is 2. The lowest BCUT2D eigenvalue weighted by atomic mass is 10.0. The normalized spacial score (nSPS) is 16.1. The summed E-state index contributed by atoms with van der Waals surface area (Å²) in [5, 5.41) is 9.48. The molecule has 2 heterocycles. The Bertz CT molecular complexity index is 830. The summed E-state index contributed by atoms with van der Waals surface area (Å²) < 4.78 is 5.55. The maximum atomic E-state index is 12.6. The van der Waals surface area contributed by atoms with Crippen LogP contribution >= 0.6 is 0 Å². The first-order valence-corrected chi connectivity index (χ1v) is 9.25. The van der Waals surface area contributed by atoms with Gasteiger partial charge in [-0.15, -0.1) is 0 Å². The van der Waals surface area contributed by atoms with Gasteiger partial charge in [0.15, 0.2) is 0 Å². The molecule has 0 saturated carbocycles. The van der Waals surface area contributed by atoms with Crippen molar-refractivity contribution < 1.29 is 19.4 Å². The van der Waals surface area contributed by atoms with Gasteiger partial charge in [0.2, 0.25) is 5.91 Å². The Balaban J connectivity index is 1.58. The number of hydrogen-bond donors (Lipinski definition) is 2. The Morgan fingerprint density at radius 2 is 2.22 bits per heavy atom. The maximum absolute atomic E-state index is 12.6. The number of imidazole rings is 1. The highest BCUT2D eigenvalue weighted by molar-refractivity contribution is 5.84. The van der Waals surface area contributed by atoms with E-state index in [2.05, 4.69) is 16.0 Å². The minimum atomic E-state index is -0.987. The summed E-state index contributed by atoms with van der Waals surface area (Å²) in [5.41, 5.74) is 3.78. The number of amides is 1. The Labute approximate surface area is 158 Å². The number of H-pyrrole nitrogens is 1. The molecule has 0 saturated heterocycles. The molecule has 0 unspecified atom stereocenters. The number of nitrogens with one attached hydrogen (secondary N) is 1. The van der Waals surface area contributed by atoms with E-state index in [1.165, 1.54) is 4.90 Å². The molecule has 0 aliphatic carbocycles. The second-order valence-corrected chi connectivity index (χ2v) is 6.79. The number of aliphatic carboxylic acids is 1. The molecule has 2 N–H and O–H groups in total. The molecule has 2 aromatic rings. The van der Waals surface area contributed by atoms with Gasteiger partial charge in [-0.05, 0) is 43.9 Å². The predicted octanol–water partition coefficient (Wildman–Crippen LogP) is 2.48. The second-order valence-electron chi connectivity index (χ2n) is 6.79. The first kappa shape index (κ1) is 18.9. The molecular weight excluding hydrogens is 346 g/mol. The molecule has 1 aliphatic heterocycles. The Hall–Kier alpha value is -2.83. The fraction of sp³-hybridized carbons (Fsp3) is 0.450. The number of aryl methyl sites for hydroxylation is 2. The predicted molar refractivity (Wildman–Crippen MR) is 99.6 cm³/mol. The van der Waals surface area contributed by atoms with Crippen molar-refractivity contribution in [1.82, 2.24) is 14.9 Å². The van der Waals surface area contributed by atoms with Crippen LogP contribution in [0.15, 0.2) is 24.5 Å². The lowest BCUT2D eigenvalue weighted by Gasteiger charge is -2.32. The standard InChI is InChI=1S/C20H25N3O4/c1-3-27-18-8-7-14(9-13(18)2)5-4-6-19(24)23-11-16-15(21-12-22-16)10-17(23)20(25)26/h7-9,12,17H,3-6,10-11H2,1-2H3,(H,21,22)(H,25,26)/t17-/m1/s1. The van der Waals surface area contributed by atoms with Crippen molar-refractivity contribution in [3.63, 3.8) is 0 Å². The van der Waals surface area contributed by atoms with E-state index in [9.17, 15) is 14.7 Å². The van der Waals surface area contributed by atoms with Crippen LogP contribution in [0.5, 0.6) is 5.75 Å². The minimum absolute atomic E-state index is 0.134. The zero-order chi connectivity index (χ0) is 19.4. The third-order valence-corrected chi connectivity index (χ3v) is 4.90. The maximum Gasteiger partial charge on any atom is 0.326 e. The van der Waals surface area contributed by atoms with Crippen LogP contribution in [0.25, 0.3) is 0 Å². The van der Waals surface area contributed by atoms with E-state index in [4.69, 9.17) is 4.74 Å². The molecule has 0 radical (unpaired) electrons. The second kappa shape index (κ2) is 8.24. The van der Waals surface area contributed by atoms with Crippen LogP contribution in [0.1, 0.15) is 42.3 Å². The average molecular weight is 371 g/mol. The molecule has 1 amide bonds. The molecule has 0 spiro atoms. The SMILES string of the molecule is CCOc1ccc(CCCC(=O)N2Cc3[nH]cnc3C[C@@H]2C(=O)O)cc1C. The van der Waals surface area contributed by atoms with Crippen molar-refractivity contribution in [2.75, 3.05) is 6.61 Å². The van der Waals surface area contributed by atoms with Gasteiger partial charge in [-0.1, -0.05) is 12.1 Å². The topological polar surface area (TPSA) is 95.5 Å². The summed E-state index contributed by atoms with van der Waals surface area (Å²) in [6.45, 7) is 4.86. The van der Waals surface area contributed by atoms with Crippen LogP contribution in [-0.4, -0.2) is 44.5 Å². The molecule has 7 nitrogen and oxygen atoms in total. The number of carbonyl (C=O) groups excluding carboxylic acids is 1. The molecular formula is C20H25N3O4. The van der Waals surface area contributed by atoms with Crippen molar-refractivity contribution in [2.24, 2.45) is 0 Å². The Kier molecular flexibility index (Phi) is 5.78. The van der Waals surface area contributed by atoms with Crippen molar-refractivity contribution in [3.05, 3.63) is 47.0 Å². The van der Waals surface area contributed by atoms with Crippen LogP contribution in [0.3, 0.4) is 0 Å². The highest BCUT2D eigenvalue weighted by Crippen LogP contribution is 2.23. The quantitative estimate of drug-likeness (QED) is 0.780. The van der Waals surface area contributed by atoms with Gasteiger partial charge >= 0.3 is 5.97 Å². The van der Waals surface area contributed by atoms with Crippen molar-refractivity contribution >= 4 is 11.9 Å². The van der Waals surface area contributed by atoms with Crippen molar-refractivity contribution in [3.8, 4) is 5.75 Å². The van der Waals surface area contributed by atoms with Gasteiger partial charge in [-0.3, -0.25) is 4.79 Å². The zero-order valence-electron chi connectivity index (χ0n) is 15.7. The molecule has 1 aliphatic rings. The fourth-order valence-electron chi connectivity index (χ4n) is 3.49. The van der Waals surface area contributed by atoms with E-state index in [1.54, 1.807) is 6.33 Å². The van der Waals surface area contributed by atoms with Gasteiger partial charge in [0.1, 0.15) is 11.8 Å². The number of ether oxygens (including phenoxy) is 1. The molecule has 0 fully saturated rings. The molecule has 1 aromatic carbocycles. The number of aromatic nitrogens is 2. The van der Waals surface area contributed by atoms with Crippen LogP contribution in [0.4, 0.5) is 0 Å². The molecule has 27 heavy (non-hydrogen) atoms. The lowest BCUT2D eigenvalue weighted by molar-refractivity contribution is -0.151. The van der Waals surface area contributed by atoms with Gasteiger partial charge in [0.25, 0.3) is 0 Å². The number of carboxylic acid groups (broad SMARTS) is 1. The average Bonchev–Trinajstić information content (AvgIpc) is 3.10. The van der Waals surface area contributed by atoms with Gasteiger partial charge in [0.05, 0.1) is 30.9 Å². The van der Waals surface area contributed by atoms with Crippen LogP contribution < -0.4 is 4.74 Å². The number of fused-ring (bicyclic) bond motifs is 1. The van der Waals surface area contributed by atoms with Crippen molar-refractivity contribution in [2.45, 2.75) is 52.1 Å².